The Bertz CT molecular complexity index is 1110. The largest absolute Gasteiger partial charge is 0.491 e. The molecular weight excluding hydrogens is 374 g/mol. The summed E-state index contributed by atoms with van der Waals surface area (Å²) in [6.45, 7) is 5.79. The first-order chi connectivity index (χ1) is 13.5. The quantitative estimate of drug-likeness (QED) is 0.549. The Balaban J connectivity index is 1.45. The molecule has 0 saturated heterocycles. The Hall–Kier alpha value is -3.26. The van der Waals surface area contributed by atoms with Gasteiger partial charge in [-0.3, -0.25) is 4.79 Å². The van der Waals surface area contributed by atoms with E-state index in [9.17, 15) is 4.79 Å². The Morgan fingerprint density at radius 1 is 1.07 bits per heavy atom. The van der Waals surface area contributed by atoms with Crippen LogP contribution in [0.2, 0.25) is 0 Å². The monoisotopic (exact) mass is 393 g/mol. The maximum absolute atomic E-state index is 12.4. The van der Waals surface area contributed by atoms with Gasteiger partial charge in [-0.25, -0.2) is 0 Å². The molecule has 2 aromatic heterocycles. The van der Waals surface area contributed by atoms with Gasteiger partial charge in [0.25, 0.3) is 5.91 Å². The summed E-state index contributed by atoms with van der Waals surface area (Å²) in [7, 11) is 0. The molecule has 0 spiro atoms. The number of benzene rings is 2. The van der Waals surface area contributed by atoms with E-state index in [1.54, 1.807) is 28.8 Å². The van der Waals surface area contributed by atoms with Crippen molar-refractivity contribution in [1.29, 1.82) is 0 Å². The van der Waals surface area contributed by atoms with Crippen LogP contribution in [0.4, 0.5) is 5.69 Å². The van der Waals surface area contributed by atoms with Crippen molar-refractivity contribution in [2.75, 3.05) is 5.32 Å². The molecule has 2 heterocycles. The van der Waals surface area contributed by atoms with Crippen molar-refractivity contribution in [3.63, 3.8) is 0 Å². The van der Waals surface area contributed by atoms with Gasteiger partial charge in [0.1, 0.15) is 10.8 Å². The first-order valence-electron chi connectivity index (χ1n) is 8.87. The molecule has 8 heteroatoms. The minimum Gasteiger partial charge on any atom is -0.491 e. The molecule has 0 unspecified atom stereocenters. The predicted molar refractivity (Wildman–Crippen MR) is 109 cm³/mol. The normalized spacial score (nSPS) is 11.1. The number of anilines is 1. The average Bonchev–Trinajstić information content (AvgIpc) is 3.25. The van der Waals surface area contributed by atoms with Crippen LogP contribution in [0, 0.1) is 6.92 Å². The van der Waals surface area contributed by atoms with Crippen LogP contribution in [0.25, 0.3) is 15.5 Å². The number of carbonyl (C=O) groups is 1. The van der Waals surface area contributed by atoms with Crippen molar-refractivity contribution >= 4 is 27.9 Å². The van der Waals surface area contributed by atoms with Gasteiger partial charge in [-0.05, 0) is 69.3 Å². The molecule has 28 heavy (non-hydrogen) atoms. The van der Waals surface area contributed by atoms with Gasteiger partial charge in [0, 0.05) is 16.8 Å². The number of amides is 1. The highest BCUT2D eigenvalue weighted by Gasteiger charge is 2.11. The third kappa shape index (κ3) is 3.72. The SMILES string of the molecule is Cc1nnc2sc(-c3ccc(NC(=O)c4ccc(OC(C)C)cc4)cc3)nn12. The van der Waals surface area contributed by atoms with Crippen molar-refractivity contribution in [2.24, 2.45) is 0 Å². The van der Waals surface area contributed by atoms with E-state index >= 15 is 0 Å². The van der Waals surface area contributed by atoms with Crippen molar-refractivity contribution in [3.8, 4) is 16.3 Å². The summed E-state index contributed by atoms with van der Waals surface area (Å²) in [5, 5.41) is 16.3. The second kappa shape index (κ2) is 7.40. The molecule has 0 radical (unpaired) electrons. The Kier molecular flexibility index (Phi) is 4.79. The number of carbonyl (C=O) groups excluding carboxylic acids is 1. The van der Waals surface area contributed by atoms with E-state index in [1.165, 1.54) is 11.3 Å². The van der Waals surface area contributed by atoms with Crippen LogP contribution in [0.5, 0.6) is 5.75 Å². The first kappa shape index (κ1) is 18.1. The van der Waals surface area contributed by atoms with Crippen LogP contribution in [-0.2, 0) is 0 Å². The summed E-state index contributed by atoms with van der Waals surface area (Å²) in [5.41, 5.74) is 2.25. The number of aryl methyl sites for hydroxylation is 1. The third-order valence-electron chi connectivity index (χ3n) is 4.02. The van der Waals surface area contributed by atoms with Crippen molar-refractivity contribution in [3.05, 3.63) is 59.9 Å². The van der Waals surface area contributed by atoms with Crippen LogP contribution < -0.4 is 10.1 Å². The molecule has 0 saturated carbocycles. The fourth-order valence-corrected chi connectivity index (χ4v) is 3.58. The molecule has 1 amide bonds. The van der Waals surface area contributed by atoms with Crippen LogP contribution in [0.1, 0.15) is 30.0 Å². The second-order valence-corrected chi connectivity index (χ2v) is 7.53. The highest BCUT2D eigenvalue weighted by molar-refractivity contribution is 7.19. The zero-order valence-electron chi connectivity index (χ0n) is 15.7. The van der Waals surface area contributed by atoms with Crippen LogP contribution in [-0.4, -0.2) is 31.8 Å². The fourth-order valence-electron chi connectivity index (χ4n) is 2.69. The van der Waals surface area contributed by atoms with E-state index in [1.807, 2.05) is 45.0 Å². The van der Waals surface area contributed by atoms with Gasteiger partial charge in [-0.1, -0.05) is 11.3 Å². The standard InChI is InChI=1S/C20H19N5O2S/c1-12(2)27-17-10-6-14(7-11-17)18(26)21-16-8-4-15(5-9-16)19-24-25-13(3)22-23-20(25)28-19/h4-12H,1-3H3,(H,21,26). The van der Waals surface area contributed by atoms with Crippen molar-refractivity contribution in [1.82, 2.24) is 19.8 Å². The molecule has 7 nitrogen and oxygen atoms in total. The topological polar surface area (TPSA) is 81.4 Å². The number of nitrogens with one attached hydrogen (secondary N) is 1. The van der Waals surface area contributed by atoms with Crippen LogP contribution >= 0.6 is 11.3 Å². The average molecular weight is 393 g/mol. The lowest BCUT2D eigenvalue weighted by atomic mass is 10.2. The van der Waals surface area contributed by atoms with E-state index in [0.29, 0.717) is 5.56 Å². The Morgan fingerprint density at radius 3 is 2.43 bits per heavy atom. The lowest BCUT2D eigenvalue weighted by Gasteiger charge is -2.10. The summed E-state index contributed by atoms with van der Waals surface area (Å²) in [4.78, 5) is 13.2. The molecule has 0 bridgehead atoms. The van der Waals surface area contributed by atoms with Gasteiger partial charge in [-0.2, -0.15) is 9.61 Å². The number of nitrogens with zero attached hydrogens (tertiary/aromatic N) is 4. The molecule has 4 aromatic rings. The van der Waals surface area contributed by atoms with Gasteiger partial charge in [0.2, 0.25) is 4.96 Å². The molecule has 1 N–H and O–H groups in total. The highest BCUT2D eigenvalue weighted by Crippen LogP contribution is 2.26. The van der Waals surface area contributed by atoms with Gasteiger partial charge in [0.05, 0.1) is 6.10 Å². The number of ether oxygens (including phenoxy) is 1. The molecule has 0 aliphatic rings. The summed E-state index contributed by atoms with van der Waals surface area (Å²) in [6, 6.07) is 14.7. The zero-order chi connectivity index (χ0) is 19.7. The minimum atomic E-state index is -0.168. The number of hydrogen-bond acceptors (Lipinski definition) is 6. The summed E-state index contributed by atoms with van der Waals surface area (Å²) < 4.78 is 7.32. The molecule has 4 rings (SSSR count). The maximum Gasteiger partial charge on any atom is 0.255 e. The van der Waals surface area contributed by atoms with Crippen LogP contribution in [0.15, 0.2) is 48.5 Å². The zero-order valence-corrected chi connectivity index (χ0v) is 16.5. The summed E-state index contributed by atoms with van der Waals surface area (Å²) in [5.74, 6) is 1.33. The Labute approximate surface area is 166 Å². The van der Waals surface area contributed by atoms with Crippen LogP contribution in [0.3, 0.4) is 0 Å². The van der Waals surface area contributed by atoms with Gasteiger partial charge < -0.3 is 10.1 Å². The molecule has 0 aliphatic heterocycles. The summed E-state index contributed by atoms with van der Waals surface area (Å²) >= 11 is 1.47. The molecule has 2 aromatic carbocycles. The fraction of sp³-hybridized carbons (Fsp3) is 0.200. The predicted octanol–water partition coefficient (Wildman–Crippen LogP) is 4.20. The number of fused-ring (bicyclic) bond motifs is 1. The van der Waals surface area contributed by atoms with E-state index in [0.717, 1.165) is 32.8 Å². The number of rotatable bonds is 5. The van der Waals surface area contributed by atoms with E-state index in [2.05, 4.69) is 20.6 Å². The van der Waals surface area contributed by atoms with E-state index in [-0.39, 0.29) is 12.0 Å². The molecule has 0 fully saturated rings. The minimum absolute atomic E-state index is 0.0977. The second-order valence-electron chi connectivity index (χ2n) is 6.57. The third-order valence-corrected chi connectivity index (χ3v) is 4.97. The Morgan fingerprint density at radius 2 is 1.79 bits per heavy atom. The smallest absolute Gasteiger partial charge is 0.255 e. The number of aromatic nitrogens is 4. The van der Waals surface area contributed by atoms with Crippen molar-refractivity contribution in [2.45, 2.75) is 26.9 Å². The van der Waals surface area contributed by atoms with E-state index < -0.39 is 0 Å². The molecule has 0 aliphatic carbocycles. The summed E-state index contributed by atoms with van der Waals surface area (Å²) in [6.07, 6.45) is 0.0977. The van der Waals surface area contributed by atoms with E-state index in [4.69, 9.17) is 4.74 Å². The molecule has 0 atom stereocenters. The molecule has 142 valence electrons. The van der Waals surface area contributed by atoms with Gasteiger partial charge >= 0.3 is 0 Å². The van der Waals surface area contributed by atoms with Gasteiger partial charge in [-0.15, -0.1) is 10.2 Å². The lowest BCUT2D eigenvalue weighted by Crippen LogP contribution is -2.12. The van der Waals surface area contributed by atoms with Gasteiger partial charge in [0.15, 0.2) is 5.82 Å². The number of hydrogen-bond donors (Lipinski definition) is 1. The maximum atomic E-state index is 12.4. The first-order valence-corrected chi connectivity index (χ1v) is 9.68. The van der Waals surface area contributed by atoms with Crippen molar-refractivity contribution < 1.29 is 9.53 Å². The molecular formula is C20H19N5O2S. The lowest BCUT2D eigenvalue weighted by molar-refractivity contribution is 0.102. The highest BCUT2D eigenvalue weighted by atomic mass is 32.1.